The van der Waals surface area contributed by atoms with Gasteiger partial charge in [0.05, 0.1) is 0 Å². The number of aryl methyl sites for hydroxylation is 1. The van der Waals surface area contributed by atoms with Crippen molar-refractivity contribution < 1.29 is 0 Å². The summed E-state index contributed by atoms with van der Waals surface area (Å²) in [5, 5.41) is 11.8. The molecule has 21 heavy (non-hydrogen) atoms. The Kier molecular flexibility index (Phi) is 3.23. The number of nitrogens with one attached hydrogen (secondary N) is 1. The lowest BCUT2D eigenvalue weighted by Gasteiger charge is -2.33. The van der Waals surface area contributed by atoms with Gasteiger partial charge in [0.1, 0.15) is 5.82 Å². The molecule has 2 aliphatic carbocycles. The largest absolute Gasteiger partial charge is 0.361 e. The van der Waals surface area contributed by atoms with E-state index in [1.807, 2.05) is 0 Å². The zero-order valence-corrected chi connectivity index (χ0v) is 12.6. The molecule has 1 aromatic heterocycles. The molecule has 0 amide bonds. The average Bonchev–Trinajstić information content (AvgIpc) is 3.11. The topological polar surface area (TPSA) is 59.8 Å². The van der Waals surface area contributed by atoms with Crippen LogP contribution in [0.3, 0.4) is 0 Å². The van der Waals surface area contributed by atoms with Crippen molar-refractivity contribution in [3.63, 3.8) is 0 Å². The summed E-state index contributed by atoms with van der Waals surface area (Å²) in [5.41, 5.74) is 0.582. The second-order valence-electron chi connectivity index (χ2n) is 7.17. The van der Waals surface area contributed by atoms with Gasteiger partial charge in [0.15, 0.2) is 0 Å². The molecule has 0 radical (unpaired) electrons. The van der Waals surface area contributed by atoms with Crippen LogP contribution in [0.25, 0.3) is 0 Å². The van der Waals surface area contributed by atoms with Gasteiger partial charge in [-0.25, -0.2) is 0 Å². The smallest absolute Gasteiger partial charge is 0.296 e. The van der Waals surface area contributed by atoms with Crippen LogP contribution in [0.1, 0.15) is 63.6 Å². The normalized spacial score (nSPS) is 27.0. The summed E-state index contributed by atoms with van der Waals surface area (Å²) in [6.45, 7) is 0.799. The molecule has 1 atom stereocenters. The minimum Gasteiger partial charge on any atom is -0.361 e. The monoisotopic (exact) mass is 288 g/mol. The first-order chi connectivity index (χ1) is 10.3. The fourth-order valence-corrected chi connectivity index (χ4v) is 4.63. The van der Waals surface area contributed by atoms with Crippen LogP contribution >= 0.6 is 0 Å². The Bertz CT molecular complexity index is 588. The third-order valence-electron chi connectivity index (χ3n) is 5.76. The molecule has 1 aromatic rings. The molecule has 5 nitrogen and oxygen atoms in total. The van der Waals surface area contributed by atoms with Gasteiger partial charge in [0.25, 0.3) is 5.56 Å². The maximum absolute atomic E-state index is 12.4. The van der Waals surface area contributed by atoms with Gasteiger partial charge in [0.2, 0.25) is 5.82 Å². The van der Waals surface area contributed by atoms with Crippen molar-refractivity contribution in [2.75, 3.05) is 5.32 Å². The first-order valence-corrected chi connectivity index (χ1v) is 8.49. The molecular weight excluding hydrogens is 264 g/mol. The molecule has 1 unspecified atom stereocenters. The van der Waals surface area contributed by atoms with Gasteiger partial charge in [-0.2, -0.15) is 0 Å². The molecule has 2 fully saturated rings. The van der Waals surface area contributed by atoms with Crippen LogP contribution in [0.15, 0.2) is 4.79 Å². The van der Waals surface area contributed by atoms with Gasteiger partial charge in [0, 0.05) is 19.0 Å². The van der Waals surface area contributed by atoms with Crippen LogP contribution in [0.4, 0.5) is 5.82 Å². The molecule has 5 heteroatoms. The van der Waals surface area contributed by atoms with E-state index in [0.717, 1.165) is 25.2 Å². The van der Waals surface area contributed by atoms with Crippen molar-refractivity contribution >= 4 is 5.82 Å². The second kappa shape index (κ2) is 5.11. The van der Waals surface area contributed by atoms with Gasteiger partial charge in [-0.15, -0.1) is 10.2 Å². The number of fused-ring (bicyclic) bond motifs is 1. The maximum atomic E-state index is 12.4. The number of nitrogens with zero attached hydrogens (tertiary/aromatic N) is 3. The lowest BCUT2D eigenvalue weighted by molar-refractivity contribution is 0.195. The quantitative estimate of drug-likeness (QED) is 0.908. The molecule has 4 rings (SSSR count). The summed E-state index contributed by atoms with van der Waals surface area (Å²) in [4.78, 5) is 12.4. The number of anilines is 1. The minimum atomic E-state index is 0.0297. The van der Waals surface area contributed by atoms with Crippen LogP contribution in [0.2, 0.25) is 0 Å². The molecular formula is C16H24N4O. The first-order valence-electron chi connectivity index (χ1n) is 8.49. The summed E-state index contributed by atoms with van der Waals surface area (Å²) in [7, 11) is 0. The minimum absolute atomic E-state index is 0.0297. The third kappa shape index (κ3) is 2.36. The van der Waals surface area contributed by atoms with E-state index in [1.165, 1.54) is 51.4 Å². The second-order valence-corrected chi connectivity index (χ2v) is 7.17. The van der Waals surface area contributed by atoms with E-state index in [0.29, 0.717) is 17.3 Å². The van der Waals surface area contributed by atoms with Crippen molar-refractivity contribution in [2.24, 2.45) is 5.41 Å². The fraction of sp³-hybridized carbons (Fsp3) is 0.812. The summed E-state index contributed by atoms with van der Waals surface area (Å²) < 4.78 is 1.79. The number of hydrogen-bond acceptors (Lipinski definition) is 4. The van der Waals surface area contributed by atoms with Gasteiger partial charge in [-0.3, -0.25) is 9.36 Å². The molecule has 2 saturated carbocycles. The van der Waals surface area contributed by atoms with Crippen molar-refractivity contribution in [1.82, 2.24) is 14.8 Å². The third-order valence-corrected chi connectivity index (χ3v) is 5.76. The summed E-state index contributed by atoms with van der Waals surface area (Å²) >= 11 is 0. The van der Waals surface area contributed by atoms with Crippen molar-refractivity contribution in [1.29, 1.82) is 0 Å². The molecule has 1 N–H and O–H groups in total. The van der Waals surface area contributed by atoms with E-state index >= 15 is 0 Å². The molecule has 1 spiro atoms. The molecule has 0 bridgehead atoms. The van der Waals surface area contributed by atoms with Crippen LogP contribution in [-0.2, 0) is 13.0 Å². The first kappa shape index (κ1) is 13.3. The van der Waals surface area contributed by atoms with Gasteiger partial charge >= 0.3 is 0 Å². The molecule has 114 valence electrons. The fourth-order valence-electron chi connectivity index (χ4n) is 4.63. The number of rotatable bonds is 2. The number of hydrogen-bond donors (Lipinski definition) is 1. The van der Waals surface area contributed by atoms with Crippen LogP contribution in [0, 0.1) is 5.41 Å². The lowest BCUT2D eigenvalue weighted by atomic mass is 9.73. The Morgan fingerprint density at radius 2 is 1.95 bits per heavy atom. The van der Waals surface area contributed by atoms with Crippen molar-refractivity contribution in [3.05, 3.63) is 16.2 Å². The standard InChI is InChI=1S/C16H24N4O/c21-15-14(19-18-13-5-4-10-20(13)15)17-12-6-9-16(11-12)7-2-1-3-8-16/h12H,1-11H2,(H,17,19). The molecule has 3 aliphatic rings. The van der Waals surface area contributed by atoms with Crippen LogP contribution < -0.4 is 10.9 Å². The van der Waals surface area contributed by atoms with Crippen molar-refractivity contribution in [2.45, 2.75) is 76.8 Å². The van der Waals surface area contributed by atoms with E-state index in [4.69, 9.17) is 0 Å². The molecule has 2 heterocycles. The van der Waals surface area contributed by atoms with Gasteiger partial charge in [-0.1, -0.05) is 19.3 Å². The zero-order valence-electron chi connectivity index (χ0n) is 12.6. The summed E-state index contributed by atoms with van der Waals surface area (Å²) in [6, 6.07) is 0.408. The van der Waals surface area contributed by atoms with E-state index in [1.54, 1.807) is 4.57 Å². The molecule has 1 aliphatic heterocycles. The van der Waals surface area contributed by atoms with E-state index < -0.39 is 0 Å². The van der Waals surface area contributed by atoms with E-state index in [2.05, 4.69) is 15.5 Å². The highest BCUT2D eigenvalue weighted by Crippen LogP contribution is 2.49. The molecule has 0 saturated heterocycles. The van der Waals surface area contributed by atoms with E-state index in [9.17, 15) is 4.79 Å². The SMILES string of the molecule is O=c1c(NC2CCC3(CCCCC3)C2)nnc2n1CCC2. The Labute approximate surface area is 125 Å². The highest BCUT2D eigenvalue weighted by molar-refractivity contribution is 5.32. The molecule has 0 aromatic carbocycles. The highest BCUT2D eigenvalue weighted by atomic mass is 16.1. The summed E-state index contributed by atoms with van der Waals surface area (Å²) in [6.07, 6.45) is 12.5. The summed E-state index contributed by atoms with van der Waals surface area (Å²) in [5.74, 6) is 1.32. The van der Waals surface area contributed by atoms with Crippen LogP contribution in [0.5, 0.6) is 0 Å². The van der Waals surface area contributed by atoms with Crippen LogP contribution in [-0.4, -0.2) is 20.8 Å². The van der Waals surface area contributed by atoms with Crippen molar-refractivity contribution in [3.8, 4) is 0 Å². The van der Waals surface area contributed by atoms with Gasteiger partial charge < -0.3 is 5.32 Å². The Hall–Kier alpha value is -1.39. The lowest BCUT2D eigenvalue weighted by Crippen LogP contribution is -2.30. The van der Waals surface area contributed by atoms with Gasteiger partial charge in [-0.05, 0) is 43.9 Å². The predicted octanol–water partition coefficient (Wildman–Crippen LogP) is 2.50. The van der Waals surface area contributed by atoms with E-state index in [-0.39, 0.29) is 5.56 Å². The zero-order chi connectivity index (χ0) is 14.3. The Morgan fingerprint density at radius 3 is 2.81 bits per heavy atom. The maximum Gasteiger partial charge on any atom is 0.296 e. The average molecular weight is 288 g/mol. The highest BCUT2D eigenvalue weighted by Gasteiger charge is 2.40. The predicted molar refractivity (Wildman–Crippen MR) is 81.4 cm³/mol. The Morgan fingerprint density at radius 1 is 1.10 bits per heavy atom. The Balaban J connectivity index is 1.49. The number of aromatic nitrogens is 3.